The molecule has 120 valence electrons. The molecule has 3 rings (SSSR count). The lowest BCUT2D eigenvalue weighted by atomic mass is 10.1. The summed E-state index contributed by atoms with van der Waals surface area (Å²) in [4.78, 5) is 30.3. The van der Waals surface area contributed by atoms with Crippen LogP contribution in [0.1, 0.15) is 31.1 Å². The van der Waals surface area contributed by atoms with Crippen molar-refractivity contribution in [1.29, 1.82) is 0 Å². The van der Waals surface area contributed by atoms with Gasteiger partial charge < -0.3 is 14.7 Å². The van der Waals surface area contributed by atoms with Gasteiger partial charge in [-0.25, -0.2) is 0 Å². The van der Waals surface area contributed by atoms with Crippen LogP contribution >= 0.6 is 0 Å². The zero-order valence-electron chi connectivity index (χ0n) is 13.0. The van der Waals surface area contributed by atoms with Crippen molar-refractivity contribution in [2.45, 2.75) is 26.3 Å². The third-order valence-electron chi connectivity index (χ3n) is 3.84. The van der Waals surface area contributed by atoms with E-state index in [-0.39, 0.29) is 30.2 Å². The molecule has 2 amide bonds. The van der Waals surface area contributed by atoms with E-state index in [1.54, 1.807) is 18.7 Å². The molecule has 1 fully saturated rings. The number of para-hydroxylation sites is 1. The predicted molar refractivity (Wildman–Crippen MR) is 82.5 cm³/mol. The number of hydrogen-bond acceptors (Lipinski definition) is 5. The van der Waals surface area contributed by atoms with Gasteiger partial charge in [0.15, 0.2) is 5.82 Å². The Hall–Kier alpha value is -2.70. The van der Waals surface area contributed by atoms with Gasteiger partial charge >= 0.3 is 0 Å². The molecule has 2 aromatic rings. The number of rotatable bonds is 4. The van der Waals surface area contributed by atoms with Crippen LogP contribution in [0.5, 0.6) is 0 Å². The lowest BCUT2D eigenvalue weighted by Gasteiger charge is -2.17. The quantitative estimate of drug-likeness (QED) is 0.926. The van der Waals surface area contributed by atoms with Crippen LogP contribution in [0.2, 0.25) is 0 Å². The standard InChI is InChI=1S/C16H18N4O3/c1-10(16-18-11(2)19-23-16)17-15(22)12-8-14(21)20(9-12)13-6-4-3-5-7-13/h3-7,10,12H,8-9H2,1-2H3,(H,17,22). The van der Waals surface area contributed by atoms with Crippen LogP contribution in [0.4, 0.5) is 5.69 Å². The van der Waals surface area contributed by atoms with Gasteiger partial charge in [0.05, 0.1) is 5.92 Å². The number of benzene rings is 1. The van der Waals surface area contributed by atoms with E-state index in [2.05, 4.69) is 15.5 Å². The Morgan fingerprint density at radius 3 is 2.78 bits per heavy atom. The Kier molecular flexibility index (Phi) is 4.10. The fraction of sp³-hybridized carbons (Fsp3) is 0.375. The number of nitrogens with one attached hydrogen (secondary N) is 1. The Morgan fingerprint density at radius 2 is 2.13 bits per heavy atom. The average molecular weight is 314 g/mol. The minimum Gasteiger partial charge on any atom is -0.344 e. The molecule has 2 heterocycles. The second kappa shape index (κ2) is 6.20. The van der Waals surface area contributed by atoms with Crippen molar-refractivity contribution in [3.05, 3.63) is 42.0 Å². The highest BCUT2D eigenvalue weighted by molar-refractivity contribution is 6.00. The summed E-state index contributed by atoms with van der Waals surface area (Å²) in [5.41, 5.74) is 0.813. The Morgan fingerprint density at radius 1 is 1.39 bits per heavy atom. The van der Waals surface area contributed by atoms with Crippen molar-refractivity contribution in [2.24, 2.45) is 5.92 Å². The summed E-state index contributed by atoms with van der Waals surface area (Å²) < 4.78 is 5.05. The smallest absolute Gasteiger partial charge is 0.248 e. The number of anilines is 1. The molecule has 0 bridgehead atoms. The third kappa shape index (κ3) is 3.23. The van der Waals surface area contributed by atoms with Gasteiger partial charge in [0, 0.05) is 18.7 Å². The number of hydrogen-bond donors (Lipinski definition) is 1. The van der Waals surface area contributed by atoms with E-state index in [1.165, 1.54) is 0 Å². The summed E-state index contributed by atoms with van der Waals surface area (Å²) in [6, 6.07) is 8.97. The van der Waals surface area contributed by atoms with E-state index in [0.717, 1.165) is 5.69 Å². The number of aryl methyl sites for hydroxylation is 1. The van der Waals surface area contributed by atoms with Crippen LogP contribution in [0.25, 0.3) is 0 Å². The van der Waals surface area contributed by atoms with Crippen LogP contribution < -0.4 is 10.2 Å². The van der Waals surface area contributed by atoms with Crippen molar-refractivity contribution in [1.82, 2.24) is 15.5 Å². The molecule has 0 radical (unpaired) electrons. The highest BCUT2D eigenvalue weighted by Gasteiger charge is 2.35. The molecular weight excluding hydrogens is 296 g/mol. The summed E-state index contributed by atoms with van der Waals surface area (Å²) in [5.74, 6) is 0.277. The van der Waals surface area contributed by atoms with Crippen LogP contribution in [-0.2, 0) is 9.59 Å². The molecule has 7 heteroatoms. The maximum Gasteiger partial charge on any atom is 0.248 e. The zero-order chi connectivity index (χ0) is 16.4. The number of carbonyl (C=O) groups is 2. The first-order valence-electron chi connectivity index (χ1n) is 7.50. The van der Waals surface area contributed by atoms with Gasteiger partial charge in [-0.3, -0.25) is 9.59 Å². The van der Waals surface area contributed by atoms with Gasteiger partial charge in [-0.2, -0.15) is 4.98 Å². The van der Waals surface area contributed by atoms with E-state index >= 15 is 0 Å². The van der Waals surface area contributed by atoms with Crippen molar-refractivity contribution >= 4 is 17.5 Å². The first kappa shape index (κ1) is 15.2. The maximum atomic E-state index is 12.4. The maximum absolute atomic E-state index is 12.4. The van der Waals surface area contributed by atoms with Crippen molar-refractivity contribution in [3.63, 3.8) is 0 Å². The second-order valence-electron chi connectivity index (χ2n) is 5.65. The van der Waals surface area contributed by atoms with Gasteiger partial charge in [0.1, 0.15) is 6.04 Å². The predicted octanol–water partition coefficient (Wildman–Crippen LogP) is 1.61. The van der Waals surface area contributed by atoms with E-state index in [9.17, 15) is 9.59 Å². The summed E-state index contributed by atoms with van der Waals surface area (Å²) >= 11 is 0. The molecule has 0 spiro atoms. The SMILES string of the molecule is Cc1noc(C(C)NC(=O)C2CC(=O)N(c3ccccc3)C2)n1. The molecular formula is C16H18N4O3. The fourth-order valence-electron chi connectivity index (χ4n) is 2.62. The molecule has 1 saturated heterocycles. The normalized spacial score (nSPS) is 19.0. The van der Waals surface area contributed by atoms with Gasteiger partial charge in [-0.15, -0.1) is 0 Å². The van der Waals surface area contributed by atoms with Crippen molar-refractivity contribution in [2.75, 3.05) is 11.4 Å². The van der Waals surface area contributed by atoms with Gasteiger partial charge in [-0.1, -0.05) is 23.4 Å². The Bertz CT molecular complexity index is 713. The third-order valence-corrected chi connectivity index (χ3v) is 3.84. The second-order valence-corrected chi connectivity index (χ2v) is 5.65. The van der Waals surface area contributed by atoms with E-state index in [0.29, 0.717) is 18.3 Å². The number of aromatic nitrogens is 2. The highest BCUT2D eigenvalue weighted by Crippen LogP contribution is 2.25. The molecule has 23 heavy (non-hydrogen) atoms. The Balaban J connectivity index is 1.64. The molecule has 1 aromatic carbocycles. The van der Waals surface area contributed by atoms with Gasteiger partial charge in [-0.05, 0) is 26.0 Å². The van der Waals surface area contributed by atoms with Gasteiger partial charge in [0.2, 0.25) is 17.7 Å². The first-order chi connectivity index (χ1) is 11.0. The summed E-state index contributed by atoms with van der Waals surface area (Å²) in [6.45, 7) is 3.87. The molecule has 0 aliphatic carbocycles. The monoisotopic (exact) mass is 314 g/mol. The number of carbonyl (C=O) groups excluding carboxylic acids is 2. The van der Waals surface area contributed by atoms with Crippen LogP contribution in [0.15, 0.2) is 34.9 Å². The topological polar surface area (TPSA) is 88.3 Å². The molecule has 1 aliphatic heterocycles. The molecule has 1 N–H and O–H groups in total. The summed E-state index contributed by atoms with van der Waals surface area (Å²) in [5, 5.41) is 6.54. The lowest BCUT2D eigenvalue weighted by molar-refractivity contribution is -0.127. The van der Waals surface area contributed by atoms with Crippen LogP contribution in [-0.4, -0.2) is 28.5 Å². The summed E-state index contributed by atoms with van der Waals surface area (Å²) in [6.07, 6.45) is 0.205. The zero-order valence-corrected chi connectivity index (χ0v) is 13.0. The van der Waals surface area contributed by atoms with E-state index < -0.39 is 0 Å². The first-order valence-corrected chi connectivity index (χ1v) is 7.50. The molecule has 1 aliphatic rings. The molecule has 0 saturated carbocycles. The largest absolute Gasteiger partial charge is 0.344 e. The molecule has 7 nitrogen and oxygen atoms in total. The fourth-order valence-corrected chi connectivity index (χ4v) is 2.62. The van der Waals surface area contributed by atoms with Crippen LogP contribution in [0.3, 0.4) is 0 Å². The summed E-state index contributed by atoms with van der Waals surface area (Å²) in [7, 11) is 0. The minimum atomic E-state index is -0.385. The van der Waals surface area contributed by atoms with Crippen LogP contribution in [0, 0.1) is 12.8 Å². The van der Waals surface area contributed by atoms with Crippen molar-refractivity contribution < 1.29 is 14.1 Å². The average Bonchev–Trinajstić information content (AvgIpc) is 3.14. The lowest BCUT2D eigenvalue weighted by Crippen LogP contribution is -2.34. The van der Waals surface area contributed by atoms with E-state index in [4.69, 9.17) is 4.52 Å². The molecule has 2 atom stereocenters. The number of nitrogens with zero attached hydrogens (tertiary/aromatic N) is 3. The number of amides is 2. The molecule has 1 aromatic heterocycles. The molecule has 2 unspecified atom stereocenters. The minimum absolute atomic E-state index is 0.0439. The van der Waals surface area contributed by atoms with Crippen molar-refractivity contribution in [3.8, 4) is 0 Å². The highest BCUT2D eigenvalue weighted by atomic mass is 16.5. The van der Waals surface area contributed by atoms with Gasteiger partial charge in [0.25, 0.3) is 0 Å². The Labute approximate surface area is 133 Å². The van der Waals surface area contributed by atoms with E-state index in [1.807, 2.05) is 30.3 Å².